The monoisotopic (exact) mass is 357 g/mol. The van der Waals surface area contributed by atoms with Gasteiger partial charge in [0, 0.05) is 19.0 Å². The topological polar surface area (TPSA) is 38.3 Å². The minimum Gasteiger partial charge on any atom is -0.496 e. The highest BCUT2D eigenvalue weighted by molar-refractivity contribution is 5.82. The normalized spacial score (nSPS) is 17.0. The predicted octanol–water partition coefficient (Wildman–Crippen LogP) is 5.52. The largest absolute Gasteiger partial charge is 0.496 e. The second-order valence-corrected chi connectivity index (χ2v) is 7.48. The van der Waals surface area contributed by atoms with Gasteiger partial charge in [-0.25, -0.2) is 0 Å². The van der Waals surface area contributed by atoms with Crippen LogP contribution in [0.15, 0.2) is 24.3 Å². The first-order chi connectivity index (χ1) is 12.6. The number of hydrogen-bond acceptors (Lipinski definition) is 2. The Morgan fingerprint density at radius 1 is 1.31 bits per heavy atom. The summed E-state index contributed by atoms with van der Waals surface area (Å²) >= 11 is 0. The molecule has 1 N–H and O–H groups in total. The first-order valence-corrected chi connectivity index (χ1v) is 10.2. The van der Waals surface area contributed by atoms with Crippen LogP contribution in [0.2, 0.25) is 0 Å². The number of amides is 1. The maximum absolute atomic E-state index is 12.3. The zero-order valence-corrected chi connectivity index (χ0v) is 16.9. The van der Waals surface area contributed by atoms with Crippen molar-refractivity contribution in [2.24, 2.45) is 11.8 Å². The fourth-order valence-electron chi connectivity index (χ4n) is 4.29. The summed E-state index contributed by atoms with van der Waals surface area (Å²) in [5.74, 6) is 1.89. The van der Waals surface area contributed by atoms with Gasteiger partial charge in [-0.2, -0.15) is 0 Å². The third kappa shape index (κ3) is 5.12. The van der Waals surface area contributed by atoms with Gasteiger partial charge in [0.1, 0.15) is 5.75 Å². The summed E-state index contributed by atoms with van der Waals surface area (Å²) in [6.07, 6.45) is 11.4. The summed E-state index contributed by atoms with van der Waals surface area (Å²) in [6, 6.07) is 6.23. The molecule has 0 radical (unpaired) electrons. The number of allylic oxidation sites excluding steroid dienone is 2. The molecule has 0 aliphatic heterocycles. The van der Waals surface area contributed by atoms with Gasteiger partial charge in [0.15, 0.2) is 0 Å². The molecular formula is C23H35NO2. The van der Waals surface area contributed by atoms with Crippen LogP contribution in [0.4, 0.5) is 0 Å². The van der Waals surface area contributed by atoms with E-state index < -0.39 is 0 Å². The second kappa shape index (κ2) is 10.4. The summed E-state index contributed by atoms with van der Waals surface area (Å²) in [6.45, 7) is 4.35. The van der Waals surface area contributed by atoms with E-state index in [0.29, 0.717) is 12.3 Å². The average molecular weight is 358 g/mol. The summed E-state index contributed by atoms with van der Waals surface area (Å²) in [5.41, 5.74) is 3.74. The fraction of sp³-hybridized carbons (Fsp3) is 0.609. The highest BCUT2D eigenvalue weighted by atomic mass is 16.5. The predicted molar refractivity (Wildman–Crippen MR) is 109 cm³/mol. The average Bonchev–Trinajstić information content (AvgIpc) is 2.68. The molecule has 3 heteroatoms. The lowest BCUT2D eigenvalue weighted by Gasteiger charge is -2.33. The maximum atomic E-state index is 12.3. The van der Waals surface area contributed by atoms with Crippen molar-refractivity contribution in [3.63, 3.8) is 0 Å². The van der Waals surface area contributed by atoms with Gasteiger partial charge in [0.25, 0.3) is 0 Å². The Morgan fingerprint density at radius 2 is 2.04 bits per heavy atom. The molecule has 1 aliphatic rings. The van der Waals surface area contributed by atoms with E-state index in [2.05, 4.69) is 31.3 Å². The number of carbonyl (C=O) groups excluding carboxylic acids is 1. The molecule has 1 aromatic carbocycles. The van der Waals surface area contributed by atoms with E-state index in [9.17, 15) is 4.79 Å². The van der Waals surface area contributed by atoms with Crippen molar-refractivity contribution in [2.75, 3.05) is 14.2 Å². The molecule has 1 atom stereocenters. The molecule has 3 nitrogen and oxygen atoms in total. The molecule has 0 saturated heterocycles. The van der Waals surface area contributed by atoms with E-state index >= 15 is 0 Å². The van der Waals surface area contributed by atoms with Gasteiger partial charge in [-0.15, -0.1) is 0 Å². The summed E-state index contributed by atoms with van der Waals surface area (Å²) in [7, 11) is 3.48. The maximum Gasteiger partial charge on any atom is 0.220 e. The van der Waals surface area contributed by atoms with Gasteiger partial charge in [0.05, 0.1) is 7.11 Å². The van der Waals surface area contributed by atoms with E-state index in [1.807, 2.05) is 12.1 Å². The summed E-state index contributed by atoms with van der Waals surface area (Å²) < 4.78 is 5.71. The Labute approximate surface area is 159 Å². The van der Waals surface area contributed by atoms with E-state index in [-0.39, 0.29) is 11.8 Å². The van der Waals surface area contributed by atoms with Crippen LogP contribution in [0.1, 0.15) is 69.4 Å². The van der Waals surface area contributed by atoms with Crippen molar-refractivity contribution >= 4 is 11.5 Å². The molecule has 1 aliphatic carbocycles. The minimum atomic E-state index is 0.135. The van der Waals surface area contributed by atoms with Gasteiger partial charge in [-0.3, -0.25) is 4.79 Å². The van der Waals surface area contributed by atoms with Crippen LogP contribution >= 0.6 is 0 Å². The number of methoxy groups -OCH3 is 1. The summed E-state index contributed by atoms with van der Waals surface area (Å²) in [5, 5.41) is 2.84. The Balaban J connectivity index is 2.50. The number of aryl methyl sites for hydroxylation is 1. The van der Waals surface area contributed by atoms with Crippen LogP contribution in [-0.2, 0) is 4.79 Å². The first kappa shape index (κ1) is 20.5. The van der Waals surface area contributed by atoms with Crippen molar-refractivity contribution in [1.82, 2.24) is 5.32 Å². The number of rotatable bonds is 8. The zero-order chi connectivity index (χ0) is 18.9. The first-order valence-electron chi connectivity index (χ1n) is 10.2. The molecule has 1 unspecified atom stereocenters. The lowest BCUT2D eigenvalue weighted by atomic mass is 9.72. The highest BCUT2D eigenvalue weighted by Crippen LogP contribution is 2.43. The highest BCUT2D eigenvalue weighted by Gasteiger charge is 2.30. The Kier molecular flexibility index (Phi) is 8.21. The van der Waals surface area contributed by atoms with E-state index in [0.717, 1.165) is 18.6 Å². The van der Waals surface area contributed by atoms with Crippen molar-refractivity contribution in [2.45, 2.75) is 65.2 Å². The quantitative estimate of drug-likeness (QED) is 0.665. The van der Waals surface area contributed by atoms with Gasteiger partial charge >= 0.3 is 0 Å². The molecule has 1 fully saturated rings. The van der Waals surface area contributed by atoms with Crippen LogP contribution in [0.5, 0.6) is 5.75 Å². The SMILES string of the molecule is CCC/C=C(\c1c(C)cccc1OC)C(CC(=O)NC)C1CCCCC1. The Bertz CT molecular complexity index is 615. The number of hydrogen-bond donors (Lipinski definition) is 1. The molecule has 0 heterocycles. The zero-order valence-electron chi connectivity index (χ0n) is 16.9. The third-order valence-corrected chi connectivity index (χ3v) is 5.70. The van der Waals surface area contributed by atoms with Crippen LogP contribution < -0.4 is 10.1 Å². The van der Waals surface area contributed by atoms with Crippen molar-refractivity contribution < 1.29 is 9.53 Å². The minimum absolute atomic E-state index is 0.135. The molecule has 1 aromatic rings. The van der Waals surface area contributed by atoms with Crippen LogP contribution in [-0.4, -0.2) is 20.1 Å². The molecule has 1 saturated carbocycles. The molecule has 1 amide bonds. The molecule has 144 valence electrons. The molecule has 26 heavy (non-hydrogen) atoms. The van der Waals surface area contributed by atoms with Crippen molar-refractivity contribution in [3.8, 4) is 5.75 Å². The third-order valence-electron chi connectivity index (χ3n) is 5.70. The van der Waals surface area contributed by atoms with Gasteiger partial charge in [-0.1, -0.05) is 50.8 Å². The Hall–Kier alpha value is -1.77. The molecule has 0 bridgehead atoms. The standard InChI is InChI=1S/C23H35NO2/c1-5-6-14-19(23-17(2)11-10-15-21(23)26-4)20(16-22(25)24-3)18-12-8-7-9-13-18/h10-11,14-15,18,20H,5-9,12-13,16H2,1-4H3,(H,24,25)/b19-14-. The summed E-state index contributed by atoms with van der Waals surface area (Å²) in [4.78, 5) is 12.3. The number of benzene rings is 1. The van der Waals surface area contributed by atoms with Gasteiger partial charge in [-0.05, 0) is 55.2 Å². The molecular weight excluding hydrogens is 322 g/mol. The van der Waals surface area contributed by atoms with E-state index in [4.69, 9.17) is 4.74 Å². The number of carbonyl (C=O) groups is 1. The number of ether oxygens (including phenoxy) is 1. The smallest absolute Gasteiger partial charge is 0.220 e. The van der Waals surface area contributed by atoms with Crippen molar-refractivity contribution in [3.05, 3.63) is 35.4 Å². The van der Waals surface area contributed by atoms with Crippen LogP contribution in [0.3, 0.4) is 0 Å². The molecule has 0 aromatic heterocycles. The van der Waals surface area contributed by atoms with Gasteiger partial charge in [0.2, 0.25) is 5.91 Å². The van der Waals surface area contributed by atoms with E-state index in [1.54, 1.807) is 14.2 Å². The lowest BCUT2D eigenvalue weighted by molar-refractivity contribution is -0.121. The van der Waals surface area contributed by atoms with Crippen LogP contribution in [0, 0.1) is 18.8 Å². The number of unbranched alkanes of at least 4 members (excludes halogenated alkanes) is 1. The molecule has 2 rings (SSSR count). The second-order valence-electron chi connectivity index (χ2n) is 7.48. The fourth-order valence-corrected chi connectivity index (χ4v) is 4.29. The van der Waals surface area contributed by atoms with Gasteiger partial charge < -0.3 is 10.1 Å². The van der Waals surface area contributed by atoms with Crippen molar-refractivity contribution in [1.29, 1.82) is 0 Å². The molecule has 0 spiro atoms. The number of nitrogens with one attached hydrogen (secondary N) is 1. The van der Waals surface area contributed by atoms with Crippen LogP contribution in [0.25, 0.3) is 5.57 Å². The Morgan fingerprint density at radius 3 is 2.65 bits per heavy atom. The lowest BCUT2D eigenvalue weighted by Crippen LogP contribution is -2.27. The van der Waals surface area contributed by atoms with E-state index in [1.165, 1.54) is 48.8 Å².